The van der Waals surface area contributed by atoms with Crippen LogP contribution in [0.4, 0.5) is 0 Å². The first-order valence-electron chi connectivity index (χ1n) is 9.85. The molecule has 1 saturated heterocycles. The van der Waals surface area contributed by atoms with Gasteiger partial charge in [-0.15, -0.1) is 0 Å². The smallest absolute Gasteiger partial charge is 0.325 e. The number of rotatable bonds is 7. The number of nitrogens with zero attached hydrogens (tertiary/aromatic N) is 1. The third-order valence-electron chi connectivity index (χ3n) is 5.43. The van der Waals surface area contributed by atoms with Gasteiger partial charge in [-0.2, -0.15) is 0 Å². The number of amides is 1. The van der Waals surface area contributed by atoms with E-state index in [1.54, 1.807) is 12.1 Å². The van der Waals surface area contributed by atoms with Gasteiger partial charge in [-0.05, 0) is 61.6 Å². The summed E-state index contributed by atoms with van der Waals surface area (Å²) in [6.45, 7) is 4.53. The molecule has 1 N–H and O–H groups in total. The Bertz CT molecular complexity index is 800. The molecule has 0 aromatic heterocycles. The third-order valence-corrected chi connectivity index (χ3v) is 5.43. The molecular formula is C23H28N2O3. The largest absolute Gasteiger partial charge is 0.468 e. The van der Waals surface area contributed by atoms with Crippen LogP contribution in [0.1, 0.15) is 35.7 Å². The summed E-state index contributed by atoms with van der Waals surface area (Å²) in [5.74, 6) is -0.757. The van der Waals surface area contributed by atoms with E-state index in [2.05, 4.69) is 46.1 Å². The zero-order valence-corrected chi connectivity index (χ0v) is 16.6. The fourth-order valence-electron chi connectivity index (χ4n) is 3.60. The van der Waals surface area contributed by atoms with Crippen LogP contribution < -0.4 is 5.32 Å². The van der Waals surface area contributed by atoms with Crippen LogP contribution in [0.2, 0.25) is 0 Å². The van der Waals surface area contributed by atoms with E-state index in [0.29, 0.717) is 11.6 Å². The van der Waals surface area contributed by atoms with Gasteiger partial charge in [0.15, 0.2) is 0 Å². The van der Waals surface area contributed by atoms with Gasteiger partial charge in [0.05, 0.1) is 7.11 Å². The molecule has 1 amide bonds. The number of methoxy groups -OCH3 is 1. The highest BCUT2D eigenvalue weighted by atomic mass is 16.5. The fourth-order valence-corrected chi connectivity index (χ4v) is 3.60. The molecule has 28 heavy (non-hydrogen) atoms. The fraction of sp³-hybridized carbons (Fsp3) is 0.391. The maximum atomic E-state index is 12.0. The molecule has 5 nitrogen and oxygen atoms in total. The lowest BCUT2D eigenvalue weighted by Crippen LogP contribution is -2.30. The first kappa shape index (κ1) is 20.1. The van der Waals surface area contributed by atoms with Crippen LogP contribution in [-0.2, 0) is 16.0 Å². The summed E-state index contributed by atoms with van der Waals surface area (Å²) >= 11 is 0. The lowest BCUT2D eigenvalue weighted by molar-refractivity contribution is -0.139. The Labute approximate surface area is 166 Å². The maximum absolute atomic E-state index is 12.0. The van der Waals surface area contributed by atoms with Gasteiger partial charge in [0.25, 0.3) is 5.91 Å². The molecular weight excluding hydrogens is 352 g/mol. The molecule has 2 aromatic carbocycles. The van der Waals surface area contributed by atoms with Crippen molar-refractivity contribution in [1.82, 2.24) is 10.2 Å². The molecule has 1 aliphatic heterocycles. The molecule has 0 radical (unpaired) electrons. The minimum absolute atomic E-state index is 0.130. The zero-order chi connectivity index (χ0) is 19.9. The average Bonchev–Trinajstić information content (AvgIpc) is 3.15. The third kappa shape index (κ3) is 5.20. The van der Waals surface area contributed by atoms with Gasteiger partial charge in [-0.3, -0.25) is 9.59 Å². The zero-order valence-electron chi connectivity index (χ0n) is 16.6. The average molecular weight is 380 g/mol. The SMILES string of the molecule is COC(=O)CNC(=O)c1ccc(-c2ccc(CCN3CCC[C@H]3C)cc2)cc1. The highest BCUT2D eigenvalue weighted by molar-refractivity contribution is 5.96. The van der Waals surface area contributed by atoms with Gasteiger partial charge in [0.2, 0.25) is 0 Å². The van der Waals surface area contributed by atoms with E-state index >= 15 is 0 Å². The van der Waals surface area contributed by atoms with Crippen molar-refractivity contribution in [2.45, 2.75) is 32.2 Å². The molecule has 2 aromatic rings. The number of likely N-dealkylation sites (tertiary alicyclic amines) is 1. The van der Waals surface area contributed by atoms with E-state index in [4.69, 9.17) is 0 Å². The highest BCUT2D eigenvalue weighted by Gasteiger charge is 2.19. The van der Waals surface area contributed by atoms with Crippen molar-refractivity contribution in [3.05, 3.63) is 59.7 Å². The Balaban J connectivity index is 1.56. The van der Waals surface area contributed by atoms with Crippen molar-refractivity contribution in [1.29, 1.82) is 0 Å². The van der Waals surface area contributed by atoms with Crippen molar-refractivity contribution in [2.24, 2.45) is 0 Å². The summed E-state index contributed by atoms with van der Waals surface area (Å²) < 4.78 is 4.52. The molecule has 1 atom stereocenters. The molecule has 1 fully saturated rings. The van der Waals surface area contributed by atoms with Crippen molar-refractivity contribution < 1.29 is 14.3 Å². The van der Waals surface area contributed by atoms with Crippen LogP contribution in [0.5, 0.6) is 0 Å². The number of esters is 1. The summed E-state index contributed by atoms with van der Waals surface area (Å²) in [7, 11) is 1.29. The molecule has 3 rings (SSSR count). The predicted molar refractivity (Wildman–Crippen MR) is 110 cm³/mol. The standard InChI is InChI=1S/C23H28N2O3/c1-17-4-3-14-25(17)15-13-18-5-7-19(8-6-18)20-9-11-21(12-10-20)23(27)24-16-22(26)28-2/h5-12,17H,3-4,13-16H2,1-2H3,(H,24,27)/t17-/m1/s1. The summed E-state index contributed by atoms with van der Waals surface area (Å²) in [5, 5.41) is 2.54. The Kier molecular flexibility index (Phi) is 6.82. The van der Waals surface area contributed by atoms with Gasteiger partial charge < -0.3 is 15.0 Å². The Morgan fingerprint density at radius 1 is 1.07 bits per heavy atom. The first-order chi connectivity index (χ1) is 13.6. The summed E-state index contributed by atoms with van der Waals surface area (Å²) in [6, 6.07) is 16.7. The molecule has 1 aliphatic rings. The maximum Gasteiger partial charge on any atom is 0.325 e. The number of benzene rings is 2. The van der Waals surface area contributed by atoms with Gasteiger partial charge >= 0.3 is 5.97 Å². The molecule has 0 aliphatic carbocycles. The topological polar surface area (TPSA) is 58.6 Å². The van der Waals surface area contributed by atoms with E-state index in [9.17, 15) is 9.59 Å². The molecule has 0 unspecified atom stereocenters. The van der Waals surface area contributed by atoms with E-state index in [1.807, 2.05) is 12.1 Å². The number of ether oxygens (including phenoxy) is 1. The van der Waals surface area contributed by atoms with Gasteiger partial charge in [0.1, 0.15) is 6.54 Å². The quantitative estimate of drug-likeness (QED) is 0.749. The number of nitrogens with one attached hydrogen (secondary N) is 1. The van der Waals surface area contributed by atoms with Crippen LogP contribution in [-0.4, -0.2) is 49.6 Å². The molecule has 0 saturated carbocycles. The van der Waals surface area contributed by atoms with Crippen molar-refractivity contribution in [3.8, 4) is 11.1 Å². The summed E-state index contributed by atoms with van der Waals surface area (Å²) in [5.41, 5.74) is 4.05. The summed E-state index contributed by atoms with van der Waals surface area (Å²) in [6.07, 6.45) is 3.70. The van der Waals surface area contributed by atoms with E-state index in [1.165, 1.54) is 32.1 Å². The Morgan fingerprint density at radius 2 is 1.71 bits per heavy atom. The molecule has 0 spiro atoms. The Morgan fingerprint density at radius 3 is 2.29 bits per heavy atom. The lowest BCUT2D eigenvalue weighted by atomic mass is 10.0. The molecule has 5 heteroatoms. The second kappa shape index (κ2) is 9.51. The van der Waals surface area contributed by atoms with Crippen LogP contribution in [0.3, 0.4) is 0 Å². The van der Waals surface area contributed by atoms with Gasteiger partial charge in [-0.25, -0.2) is 0 Å². The number of carbonyl (C=O) groups is 2. The molecule has 0 bridgehead atoms. The Hall–Kier alpha value is -2.66. The summed E-state index contributed by atoms with van der Waals surface area (Å²) in [4.78, 5) is 25.7. The van der Waals surface area contributed by atoms with Crippen LogP contribution >= 0.6 is 0 Å². The normalized spacial score (nSPS) is 16.7. The van der Waals surface area contributed by atoms with Crippen LogP contribution in [0.25, 0.3) is 11.1 Å². The second-order valence-corrected chi connectivity index (χ2v) is 7.31. The van der Waals surface area contributed by atoms with E-state index in [-0.39, 0.29) is 12.5 Å². The van der Waals surface area contributed by atoms with E-state index in [0.717, 1.165) is 24.1 Å². The number of carbonyl (C=O) groups excluding carboxylic acids is 2. The number of hydrogen-bond acceptors (Lipinski definition) is 4. The van der Waals surface area contributed by atoms with E-state index < -0.39 is 5.97 Å². The van der Waals surface area contributed by atoms with Gasteiger partial charge in [-0.1, -0.05) is 36.4 Å². The highest BCUT2D eigenvalue weighted by Crippen LogP contribution is 2.21. The van der Waals surface area contributed by atoms with Crippen molar-refractivity contribution >= 4 is 11.9 Å². The van der Waals surface area contributed by atoms with Gasteiger partial charge in [0, 0.05) is 18.2 Å². The monoisotopic (exact) mass is 380 g/mol. The molecule has 1 heterocycles. The van der Waals surface area contributed by atoms with Crippen molar-refractivity contribution in [2.75, 3.05) is 26.7 Å². The number of hydrogen-bond donors (Lipinski definition) is 1. The van der Waals surface area contributed by atoms with Crippen molar-refractivity contribution in [3.63, 3.8) is 0 Å². The second-order valence-electron chi connectivity index (χ2n) is 7.31. The lowest BCUT2D eigenvalue weighted by Gasteiger charge is -2.20. The predicted octanol–water partition coefficient (Wildman–Crippen LogP) is 3.28. The minimum atomic E-state index is -0.468. The van der Waals surface area contributed by atoms with Crippen LogP contribution in [0, 0.1) is 0 Å². The first-order valence-corrected chi connectivity index (χ1v) is 9.85. The molecule has 148 valence electrons. The minimum Gasteiger partial charge on any atom is -0.468 e. The van der Waals surface area contributed by atoms with Crippen LogP contribution in [0.15, 0.2) is 48.5 Å².